The van der Waals surface area contributed by atoms with Crippen molar-refractivity contribution in [2.75, 3.05) is 6.61 Å². The van der Waals surface area contributed by atoms with Gasteiger partial charge in [-0.1, -0.05) is 65.9 Å². The van der Waals surface area contributed by atoms with Crippen LogP contribution in [0.25, 0.3) is 0 Å². The second-order valence-corrected chi connectivity index (χ2v) is 6.06. The second kappa shape index (κ2) is 7.49. The van der Waals surface area contributed by atoms with Gasteiger partial charge in [0.2, 0.25) is 0 Å². The lowest BCUT2D eigenvalue weighted by Gasteiger charge is -2.38. The first-order valence-corrected chi connectivity index (χ1v) is 8.57. The van der Waals surface area contributed by atoms with E-state index in [-0.39, 0.29) is 18.3 Å². The maximum atomic E-state index is 12.1. The maximum Gasteiger partial charge on any atom is 0.360 e. The largest absolute Gasteiger partial charge is 0.461 e. The highest BCUT2D eigenvalue weighted by atomic mass is 16.5. The Balaban J connectivity index is 2.23. The molecule has 0 saturated heterocycles. The van der Waals surface area contributed by atoms with Crippen molar-refractivity contribution < 1.29 is 9.53 Å². The van der Waals surface area contributed by atoms with Crippen molar-refractivity contribution in [2.45, 2.75) is 25.4 Å². The van der Waals surface area contributed by atoms with Crippen LogP contribution in [0.2, 0.25) is 0 Å². The lowest BCUT2D eigenvalue weighted by Crippen LogP contribution is -2.50. The molecule has 3 rings (SSSR count). The molecule has 6 nitrogen and oxygen atoms in total. The molecule has 0 aliphatic heterocycles. The lowest BCUT2D eigenvalue weighted by molar-refractivity contribution is 0.0519. The summed E-state index contributed by atoms with van der Waals surface area (Å²) in [7, 11) is 0. The molecule has 0 saturated carbocycles. The number of ether oxygens (including phenoxy) is 1. The van der Waals surface area contributed by atoms with E-state index in [0.29, 0.717) is 0 Å². The van der Waals surface area contributed by atoms with E-state index in [1.54, 1.807) is 17.8 Å². The third-order valence-electron chi connectivity index (χ3n) is 4.43. The van der Waals surface area contributed by atoms with Crippen molar-refractivity contribution in [2.24, 2.45) is 5.73 Å². The Morgan fingerprint density at radius 3 is 2.12 bits per heavy atom. The molecule has 0 radical (unpaired) electrons. The normalized spacial score (nSPS) is 12.6. The Morgan fingerprint density at radius 1 is 1.12 bits per heavy atom. The molecule has 134 valence electrons. The van der Waals surface area contributed by atoms with Crippen LogP contribution in [-0.4, -0.2) is 33.6 Å². The van der Waals surface area contributed by atoms with E-state index < -0.39 is 11.5 Å². The molecule has 1 aromatic heterocycles. The zero-order chi connectivity index (χ0) is 18.6. The van der Waals surface area contributed by atoms with Gasteiger partial charge in [-0.15, -0.1) is 5.10 Å². The van der Waals surface area contributed by atoms with Crippen molar-refractivity contribution in [1.82, 2.24) is 15.0 Å². The smallest absolute Gasteiger partial charge is 0.360 e. The number of carbonyl (C=O) groups is 1. The fourth-order valence-electron chi connectivity index (χ4n) is 3.28. The molecule has 3 aromatic rings. The average molecular weight is 350 g/mol. The monoisotopic (exact) mass is 350 g/mol. The predicted molar refractivity (Wildman–Crippen MR) is 98.7 cm³/mol. The number of benzene rings is 2. The second-order valence-electron chi connectivity index (χ2n) is 6.06. The van der Waals surface area contributed by atoms with Gasteiger partial charge >= 0.3 is 5.97 Å². The number of esters is 1. The number of hydrogen-bond acceptors (Lipinski definition) is 5. The zero-order valence-corrected chi connectivity index (χ0v) is 14.9. The summed E-state index contributed by atoms with van der Waals surface area (Å²) in [6.45, 7) is 3.95. The lowest BCUT2D eigenvalue weighted by atomic mass is 9.77. The number of nitrogens with two attached hydrogens (primary N) is 1. The Morgan fingerprint density at radius 2 is 1.65 bits per heavy atom. The summed E-state index contributed by atoms with van der Waals surface area (Å²) in [6, 6.07) is 19.4. The van der Waals surface area contributed by atoms with Crippen molar-refractivity contribution in [1.29, 1.82) is 0 Å². The number of aromatic nitrogens is 3. The Bertz CT molecular complexity index is 820. The minimum Gasteiger partial charge on any atom is -0.461 e. The number of hydrogen-bond donors (Lipinski definition) is 1. The highest BCUT2D eigenvalue weighted by Crippen LogP contribution is 2.36. The van der Waals surface area contributed by atoms with Crippen LogP contribution in [0, 0.1) is 0 Å². The summed E-state index contributed by atoms with van der Waals surface area (Å²) < 4.78 is 6.70. The molecule has 0 aliphatic carbocycles. The number of carbonyl (C=O) groups excluding carboxylic acids is 1. The van der Waals surface area contributed by atoms with E-state index >= 15 is 0 Å². The zero-order valence-electron chi connectivity index (χ0n) is 14.9. The number of rotatable bonds is 6. The van der Waals surface area contributed by atoms with E-state index in [9.17, 15) is 4.79 Å². The van der Waals surface area contributed by atoms with E-state index in [0.717, 1.165) is 11.1 Å². The van der Waals surface area contributed by atoms with Crippen LogP contribution in [0.5, 0.6) is 0 Å². The number of nitrogens with zero attached hydrogens (tertiary/aromatic N) is 3. The summed E-state index contributed by atoms with van der Waals surface area (Å²) in [4.78, 5) is 12.1. The molecule has 0 amide bonds. The molecule has 0 fully saturated rings. The van der Waals surface area contributed by atoms with Crippen LogP contribution < -0.4 is 5.73 Å². The fourth-order valence-corrected chi connectivity index (χ4v) is 3.28. The fraction of sp³-hybridized carbons (Fsp3) is 0.250. The summed E-state index contributed by atoms with van der Waals surface area (Å²) in [6.07, 6.45) is 1.60. The molecule has 2 aromatic carbocycles. The Labute approximate surface area is 152 Å². The van der Waals surface area contributed by atoms with Crippen LogP contribution in [0.3, 0.4) is 0 Å². The van der Waals surface area contributed by atoms with Gasteiger partial charge in [0, 0.05) is 6.04 Å². The SMILES string of the molecule is CCOC(=O)c1cn(C(c2ccccc2)(c2ccccc2)[C@H](C)N)nn1. The van der Waals surface area contributed by atoms with Crippen molar-refractivity contribution in [3.05, 3.63) is 83.7 Å². The summed E-state index contributed by atoms with van der Waals surface area (Å²) in [5, 5.41) is 8.27. The van der Waals surface area contributed by atoms with Gasteiger partial charge in [0.05, 0.1) is 12.8 Å². The molecule has 1 heterocycles. The molecule has 1 atom stereocenters. The van der Waals surface area contributed by atoms with Gasteiger partial charge in [-0.2, -0.15) is 0 Å². The van der Waals surface area contributed by atoms with Crippen LogP contribution in [-0.2, 0) is 10.3 Å². The molecular formula is C20H22N4O2. The summed E-state index contributed by atoms with van der Waals surface area (Å²) in [5.74, 6) is -0.501. The van der Waals surface area contributed by atoms with E-state index in [1.165, 1.54) is 0 Å². The summed E-state index contributed by atoms with van der Waals surface area (Å²) in [5.41, 5.74) is 7.78. The molecule has 0 bridgehead atoms. The first-order chi connectivity index (χ1) is 12.6. The average Bonchev–Trinajstić information content (AvgIpc) is 3.14. The topological polar surface area (TPSA) is 83.0 Å². The van der Waals surface area contributed by atoms with Gasteiger partial charge in [-0.3, -0.25) is 0 Å². The summed E-state index contributed by atoms with van der Waals surface area (Å²) >= 11 is 0. The quantitative estimate of drug-likeness (QED) is 0.691. The van der Waals surface area contributed by atoms with Gasteiger partial charge in [0.25, 0.3) is 0 Å². The maximum absolute atomic E-state index is 12.1. The molecule has 0 unspecified atom stereocenters. The molecule has 0 spiro atoms. The molecule has 6 heteroatoms. The predicted octanol–water partition coefficient (Wildman–Crippen LogP) is 2.59. The van der Waals surface area contributed by atoms with E-state index in [4.69, 9.17) is 10.5 Å². The van der Waals surface area contributed by atoms with Gasteiger partial charge in [-0.25, -0.2) is 9.48 Å². The van der Waals surface area contributed by atoms with Crippen molar-refractivity contribution >= 4 is 5.97 Å². The third kappa shape index (κ3) is 2.99. The first kappa shape index (κ1) is 17.8. The first-order valence-electron chi connectivity index (χ1n) is 8.57. The van der Waals surface area contributed by atoms with Crippen LogP contribution >= 0.6 is 0 Å². The highest BCUT2D eigenvalue weighted by Gasteiger charge is 2.41. The Kier molecular flexibility index (Phi) is 5.14. The van der Waals surface area contributed by atoms with Crippen LogP contribution in [0.15, 0.2) is 66.9 Å². The van der Waals surface area contributed by atoms with Gasteiger partial charge in [0.1, 0.15) is 5.54 Å². The van der Waals surface area contributed by atoms with Gasteiger partial charge in [-0.05, 0) is 25.0 Å². The van der Waals surface area contributed by atoms with E-state index in [1.807, 2.05) is 67.6 Å². The van der Waals surface area contributed by atoms with Gasteiger partial charge < -0.3 is 10.5 Å². The molecule has 0 aliphatic rings. The molecular weight excluding hydrogens is 328 g/mol. The third-order valence-corrected chi connectivity index (χ3v) is 4.43. The van der Waals surface area contributed by atoms with Crippen LogP contribution in [0.1, 0.15) is 35.5 Å². The molecule has 2 N–H and O–H groups in total. The van der Waals surface area contributed by atoms with E-state index in [2.05, 4.69) is 10.3 Å². The Hall–Kier alpha value is -2.99. The standard InChI is InChI=1S/C20H22N4O2/c1-3-26-19(25)18-14-24(23-22-18)20(15(2)21,16-10-6-4-7-11-16)17-12-8-5-9-13-17/h4-15H,3,21H2,1-2H3/t15-/m0/s1. The minimum atomic E-state index is -0.805. The van der Waals surface area contributed by atoms with Crippen LogP contribution in [0.4, 0.5) is 0 Å². The van der Waals surface area contributed by atoms with Gasteiger partial charge in [0.15, 0.2) is 5.69 Å². The van der Waals surface area contributed by atoms with Crippen molar-refractivity contribution in [3.8, 4) is 0 Å². The minimum absolute atomic E-state index is 0.156. The highest BCUT2D eigenvalue weighted by molar-refractivity contribution is 5.86. The van der Waals surface area contributed by atoms with Crippen molar-refractivity contribution in [3.63, 3.8) is 0 Å². The molecule has 26 heavy (non-hydrogen) atoms.